The SMILES string of the molecule is C=COCCOC[C@H]1CN(C)[C@H](c2ccncc2)O1. The summed E-state index contributed by atoms with van der Waals surface area (Å²) in [7, 11) is 2.05. The van der Waals surface area contributed by atoms with Gasteiger partial charge < -0.3 is 14.2 Å². The number of rotatable bonds is 7. The third-order valence-corrected chi connectivity index (χ3v) is 2.97. The highest BCUT2D eigenvalue weighted by Crippen LogP contribution is 2.28. The Hall–Kier alpha value is -1.43. The first kappa shape index (κ1) is 14.0. The Morgan fingerprint density at radius 2 is 2.26 bits per heavy atom. The number of hydrogen-bond donors (Lipinski definition) is 0. The molecule has 0 spiro atoms. The molecule has 1 saturated heterocycles. The Morgan fingerprint density at radius 3 is 3.00 bits per heavy atom. The van der Waals surface area contributed by atoms with Crippen molar-refractivity contribution in [3.63, 3.8) is 0 Å². The van der Waals surface area contributed by atoms with Crippen molar-refractivity contribution in [2.45, 2.75) is 12.3 Å². The second-order valence-corrected chi connectivity index (χ2v) is 4.44. The van der Waals surface area contributed by atoms with E-state index in [1.807, 2.05) is 19.2 Å². The Morgan fingerprint density at radius 1 is 1.47 bits per heavy atom. The van der Waals surface area contributed by atoms with Crippen LogP contribution in [0, 0.1) is 0 Å². The first-order valence-corrected chi connectivity index (χ1v) is 6.37. The molecule has 2 heterocycles. The zero-order valence-corrected chi connectivity index (χ0v) is 11.2. The highest BCUT2D eigenvalue weighted by molar-refractivity contribution is 5.13. The van der Waals surface area contributed by atoms with Crippen LogP contribution in [-0.4, -0.2) is 49.4 Å². The van der Waals surface area contributed by atoms with Crippen molar-refractivity contribution < 1.29 is 14.2 Å². The quantitative estimate of drug-likeness (QED) is 0.552. The van der Waals surface area contributed by atoms with E-state index in [1.165, 1.54) is 6.26 Å². The van der Waals surface area contributed by atoms with Gasteiger partial charge >= 0.3 is 0 Å². The second-order valence-electron chi connectivity index (χ2n) is 4.44. The third kappa shape index (κ3) is 4.02. The summed E-state index contributed by atoms with van der Waals surface area (Å²) in [4.78, 5) is 6.19. The molecule has 1 fully saturated rings. The maximum Gasteiger partial charge on any atom is 0.137 e. The van der Waals surface area contributed by atoms with E-state index in [2.05, 4.69) is 16.5 Å². The lowest BCUT2D eigenvalue weighted by Gasteiger charge is -2.17. The normalized spacial score (nSPS) is 23.4. The summed E-state index contributed by atoms with van der Waals surface area (Å²) in [5.74, 6) is 0. The van der Waals surface area contributed by atoms with E-state index in [0.717, 1.165) is 12.1 Å². The molecule has 104 valence electrons. The van der Waals surface area contributed by atoms with Crippen molar-refractivity contribution in [3.8, 4) is 0 Å². The van der Waals surface area contributed by atoms with Crippen LogP contribution in [0.3, 0.4) is 0 Å². The Kier molecular flexibility index (Phi) is 5.32. The number of hydrogen-bond acceptors (Lipinski definition) is 5. The summed E-state index contributed by atoms with van der Waals surface area (Å²) in [6, 6.07) is 3.95. The molecule has 0 saturated carbocycles. The van der Waals surface area contributed by atoms with Gasteiger partial charge in [-0.2, -0.15) is 0 Å². The van der Waals surface area contributed by atoms with Gasteiger partial charge in [0, 0.05) is 18.9 Å². The molecule has 5 heteroatoms. The fourth-order valence-corrected chi connectivity index (χ4v) is 2.10. The Balaban J connectivity index is 1.76. The van der Waals surface area contributed by atoms with Gasteiger partial charge in [-0.05, 0) is 24.7 Å². The van der Waals surface area contributed by atoms with Crippen molar-refractivity contribution in [2.24, 2.45) is 0 Å². The van der Waals surface area contributed by atoms with Gasteiger partial charge in [0.2, 0.25) is 0 Å². The summed E-state index contributed by atoms with van der Waals surface area (Å²) >= 11 is 0. The molecule has 0 N–H and O–H groups in total. The molecule has 5 nitrogen and oxygen atoms in total. The van der Waals surface area contributed by atoms with Gasteiger partial charge in [-0.25, -0.2) is 0 Å². The van der Waals surface area contributed by atoms with Crippen LogP contribution in [0.5, 0.6) is 0 Å². The van der Waals surface area contributed by atoms with Gasteiger partial charge in [0.25, 0.3) is 0 Å². The van der Waals surface area contributed by atoms with Crippen LogP contribution in [0.2, 0.25) is 0 Å². The van der Waals surface area contributed by atoms with Gasteiger partial charge in [0.05, 0.1) is 25.6 Å². The van der Waals surface area contributed by atoms with Crippen molar-refractivity contribution >= 4 is 0 Å². The predicted octanol–water partition coefficient (Wildman–Crippen LogP) is 1.59. The van der Waals surface area contributed by atoms with Crippen molar-refractivity contribution in [1.29, 1.82) is 0 Å². The minimum absolute atomic E-state index is 0.0129. The maximum absolute atomic E-state index is 5.98. The summed E-state index contributed by atoms with van der Waals surface area (Å²) in [5.41, 5.74) is 1.12. The molecule has 0 amide bonds. The highest BCUT2D eigenvalue weighted by Gasteiger charge is 2.31. The molecule has 0 bridgehead atoms. The van der Waals surface area contributed by atoms with Crippen LogP contribution in [0.4, 0.5) is 0 Å². The van der Waals surface area contributed by atoms with E-state index in [1.54, 1.807) is 12.4 Å². The lowest BCUT2D eigenvalue weighted by atomic mass is 10.2. The van der Waals surface area contributed by atoms with Gasteiger partial charge in [0.15, 0.2) is 0 Å². The van der Waals surface area contributed by atoms with Gasteiger partial charge in [-0.3, -0.25) is 9.88 Å². The number of likely N-dealkylation sites (N-methyl/N-ethyl adjacent to an activating group) is 1. The van der Waals surface area contributed by atoms with Crippen LogP contribution in [0.1, 0.15) is 11.8 Å². The summed E-state index contributed by atoms with van der Waals surface area (Å²) in [5, 5.41) is 0. The van der Waals surface area contributed by atoms with Crippen LogP contribution >= 0.6 is 0 Å². The molecular weight excluding hydrogens is 244 g/mol. The fourth-order valence-electron chi connectivity index (χ4n) is 2.10. The van der Waals surface area contributed by atoms with Crippen molar-refractivity contribution in [1.82, 2.24) is 9.88 Å². The van der Waals surface area contributed by atoms with Crippen LogP contribution in [-0.2, 0) is 14.2 Å². The monoisotopic (exact) mass is 264 g/mol. The average Bonchev–Trinajstić information content (AvgIpc) is 2.81. The van der Waals surface area contributed by atoms with Gasteiger partial charge in [-0.15, -0.1) is 0 Å². The fraction of sp³-hybridized carbons (Fsp3) is 0.500. The number of nitrogens with zero attached hydrogens (tertiary/aromatic N) is 2. The lowest BCUT2D eigenvalue weighted by Crippen LogP contribution is -2.22. The van der Waals surface area contributed by atoms with E-state index in [-0.39, 0.29) is 12.3 Å². The largest absolute Gasteiger partial charge is 0.499 e. The van der Waals surface area contributed by atoms with Crippen LogP contribution < -0.4 is 0 Å². The molecule has 1 aliphatic rings. The van der Waals surface area contributed by atoms with Gasteiger partial charge in [-0.1, -0.05) is 6.58 Å². The minimum atomic E-state index is -0.0129. The lowest BCUT2D eigenvalue weighted by molar-refractivity contribution is -0.0362. The zero-order chi connectivity index (χ0) is 13.5. The number of pyridine rings is 1. The molecule has 2 atom stereocenters. The van der Waals surface area contributed by atoms with E-state index >= 15 is 0 Å². The van der Waals surface area contributed by atoms with E-state index < -0.39 is 0 Å². The Bertz CT molecular complexity index is 386. The molecule has 1 aromatic rings. The standard InChI is InChI=1S/C14H20N2O3/c1-3-17-8-9-18-11-13-10-16(2)14(19-13)12-4-6-15-7-5-12/h3-7,13-14H,1,8-11H2,2H3/t13-,14+/m1/s1. The predicted molar refractivity (Wildman–Crippen MR) is 71.4 cm³/mol. The number of ether oxygens (including phenoxy) is 3. The Labute approximate surface area is 113 Å². The molecule has 2 rings (SSSR count). The molecule has 0 radical (unpaired) electrons. The summed E-state index contributed by atoms with van der Waals surface area (Å²) in [6.07, 6.45) is 5.06. The maximum atomic E-state index is 5.98. The molecule has 1 aliphatic heterocycles. The van der Waals surface area contributed by atoms with Crippen LogP contribution in [0.15, 0.2) is 37.4 Å². The van der Waals surface area contributed by atoms with Gasteiger partial charge in [0.1, 0.15) is 12.8 Å². The first-order chi connectivity index (χ1) is 9.31. The van der Waals surface area contributed by atoms with E-state index in [0.29, 0.717) is 19.8 Å². The van der Waals surface area contributed by atoms with E-state index in [4.69, 9.17) is 14.2 Å². The molecule has 0 aliphatic carbocycles. The zero-order valence-electron chi connectivity index (χ0n) is 11.2. The molecule has 0 aromatic carbocycles. The molecule has 19 heavy (non-hydrogen) atoms. The third-order valence-electron chi connectivity index (χ3n) is 2.97. The number of aromatic nitrogens is 1. The van der Waals surface area contributed by atoms with Crippen LogP contribution in [0.25, 0.3) is 0 Å². The minimum Gasteiger partial charge on any atom is -0.499 e. The molecular formula is C14H20N2O3. The molecule has 0 unspecified atom stereocenters. The first-order valence-electron chi connectivity index (χ1n) is 6.37. The molecule has 1 aromatic heterocycles. The van der Waals surface area contributed by atoms with E-state index in [9.17, 15) is 0 Å². The average molecular weight is 264 g/mol. The van der Waals surface area contributed by atoms with Crippen molar-refractivity contribution in [2.75, 3.05) is 33.4 Å². The smallest absolute Gasteiger partial charge is 0.137 e. The van der Waals surface area contributed by atoms with Crippen molar-refractivity contribution in [3.05, 3.63) is 42.9 Å². The second kappa shape index (κ2) is 7.23. The topological polar surface area (TPSA) is 43.8 Å². The summed E-state index contributed by atoms with van der Waals surface area (Å²) in [6.45, 7) is 5.99. The highest BCUT2D eigenvalue weighted by atomic mass is 16.6. The summed E-state index contributed by atoms with van der Waals surface area (Å²) < 4.78 is 16.5.